The molecular weight excluding hydrogens is 284 g/mol. The first-order chi connectivity index (χ1) is 10.6. The molecule has 6 nitrogen and oxygen atoms in total. The Hall–Kier alpha value is -1.92. The van der Waals surface area contributed by atoms with Crippen LogP contribution in [0, 0.1) is 5.41 Å². The molecule has 22 heavy (non-hydrogen) atoms. The molecule has 2 rings (SSSR count). The fraction of sp³-hybridized carbons (Fsp3) is 0.500. The number of rotatable bonds is 5. The van der Waals surface area contributed by atoms with Crippen molar-refractivity contribution in [2.75, 3.05) is 39.2 Å². The molecule has 0 aliphatic carbocycles. The van der Waals surface area contributed by atoms with Gasteiger partial charge in [-0.25, -0.2) is 4.79 Å². The third-order valence-electron chi connectivity index (χ3n) is 4.03. The molecule has 1 aromatic rings. The quantitative estimate of drug-likeness (QED) is 0.805. The number of benzene rings is 1. The summed E-state index contributed by atoms with van der Waals surface area (Å²) in [6.45, 7) is 2.01. The van der Waals surface area contributed by atoms with Gasteiger partial charge in [0.25, 0.3) is 0 Å². The van der Waals surface area contributed by atoms with Crippen molar-refractivity contribution in [2.24, 2.45) is 5.41 Å². The van der Waals surface area contributed by atoms with Crippen LogP contribution in [0.2, 0.25) is 0 Å². The smallest absolute Gasteiger partial charge is 0.337 e. The standard InChI is InChI=1S/C16H22N2O4/c1-21-11-16(7-9-17-10-8-16)15(20)18-13-5-3-12(4-6-13)14(19)22-2/h3-6,17H,7-11H2,1-2H3,(H,18,20). The van der Waals surface area contributed by atoms with E-state index in [0.717, 1.165) is 25.9 Å². The molecule has 1 aromatic carbocycles. The molecule has 1 amide bonds. The topological polar surface area (TPSA) is 76.7 Å². The highest BCUT2D eigenvalue weighted by Gasteiger charge is 2.39. The van der Waals surface area contributed by atoms with E-state index in [2.05, 4.69) is 15.4 Å². The summed E-state index contributed by atoms with van der Waals surface area (Å²) in [4.78, 5) is 24.0. The van der Waals surface area contributed by atoms with E-state index in [1.54, 1.807) is 31.4 Å². The molecule has 0 bridgehead atoms. The molecule has 0 saturated carbocycles. The predicted molar refractivity (Wildman–Crippen MR) is 82.8 cm³/mol. The third kappa shape index (κ3) is 3.64. The van der Waals surface area contributed by atoms with Crippen molar-refractivity contribution in [3.8, 4) is 0 Å². The Morgan fingerprint density at radius 2 is 1.82 bits per heavy atom. The second kappa shape index (κ2) is 7.38. The molecule has 2 N–H and O–H groups in total. The molecule has 6 heteroatoms. The van der Waals surface area contributed by atoms with E-state index in [0.29, 0.717) is 17.9 Å². The van der Waals surface area contributed by atoms with E-state index < -0.39 is 11.4 Å². The number of hydrogen-bond donors (Lipinski definition) is 2. The van der Waals surface area contributed by atoms with Crippen LogP contribution < -0.4 is 10.6 Å². The van der Waals surface area contributed by atoms with E-state index in [1.807, 2.05) is 0 Å². The maximum absolute atomic E-state index is 12.6. The minimum absolute atomic E-state index is 0.0401. The van der Waals surface area contributed by atoms with Crippen LogP contribution >= 0.6 is 0 Å². The minimum atomic E-state index is -0.499. The van der Waals surface area contributed by atoms with Crippen molar-refractivity contribution in [1.29, 1.82) is 0 Å². The Labute approximate surface area is 130 Å². The molecule has 0 radical (unpaired) electrons. The lowest BCUT2D eigenvalue weighted by atomic mass is 9.78. The Kier molecular flexibility index (Phi) is 5.51. The molecule has 1 saturated heterocycles. The van der Waals surface area contributed by atoms with Crippen LogP contribution in [0.15, 0.2) is 24.3 Å². The van der Waals surface area contributed by atoms with E-state index in [9.17, 15) is 9.59 Å². The normalized spacial score (nSPS) is 16.8. The lowest BCUT2D eigenvalue weighted by molar-refractivity contribution is -0.130. The molecule has 1 heterocycles. The zero-order chi connectivity index (χ0) is 16.0. The SMILES string of the molecule is COCC1(C(=O)Nc2ccc(C(=O)OC)cc2)CCNCC1. The fourth-order valence-electron chi connectivity index (χ4n) is 2.69. The van der Waals surface area contributed by atoms with Crippen molar-refractivity contribution in [2.45, 2.75) is 12.8 Å². The van der Waals surface area contributed by atoms with Crippen LogP contribution in [-0.4, -0.2) is 45.8 Å². The van der Waals surface area contributed by atoms with Gasteiger partial charge >= 0.3 is 5.97 Å². The van der Waals surface area contributed by atoms with Crippen LogP contribution in [0.5, 0.6) is 0 Å². The van der Waals surface area contributed by atoms with Crippen LogP contribution in [-0.2, 0) is 14.3 Å². The molecule has 1 fully saturated rings. The zero-order valence-corrected chi connectivity index (χ0v) is 13.0. The Morgan fingerprint density at radius 1 is 1.18 bits per heavy atom. The van der Waals surface area contributed by atoms with Gasteiger partial charge in [0.2, 0.25) is 5.91 Å². The van der Waals surface area contributed by atoms with Crippen LogP contribution in [0.4, 0.5) is 5.69 Å². The molecule has 0 spiro atoms. The van der Waals surface area contributed by atoms with Crippen molar-refractivity contribution < 1.29 is 19.1 Å². The van der Waals surface area contributed by atoms with Crippen molar-refractivity contribution in [3.05, 3.63) is 29.8 Å². The van der Waals surface area contributed by atoms with Crippen LogP contribution in [0.3, 0.4) is 0 Å². The summed E-state index contributed by atoms with van der Waals surface area (Å²) >= 11 is 0. The lowest BCUT2D eigenvalue weighted by Crippen LogP contribution is -2.47. The van der Waals surface area contributed by atoms with Crippen molar-refractivity contribution in [3.63, 3.8) is 0 Å². The fourth-order valence-corrected chi connectivity index (χ4v) is 2.69. The number of ether oxygens (including phenoxy) is 2. The van der Waals surface area contributed by atoms with Gasteiger partial charge in [0.1, 0.15) is 0 Å². The van der Waals surface area contributed by atoms with Gasteiger partial charge in [0, 0.05) is 12.8 Å². The minimum Gasteiger partial charge on any atom is -0.465 e. The lowest BCUT2D eigenvalue weighted by Gasteiger charge is -2.35. The summed E-state index contributed by atoms with van der Waals surface area (Å²) in [5, 5.41) is 6.18. The zero-order valence-electron chi connectivity index (χ0n) is 13.0. The monoisotopic (exact) mass is 306 g/mol. The first-order valence-corrected chi connectivity index (χ1v) is 7.31. The predicted octanol–water partition coefficient (Wildman–Crippen LogP) is 1.43. The van der Waals surface area contributed by atoms with Crippen LogP contribution in [0.25, 0.3) is 0 Å². The second-order valence-electron chi connectivity index (χ2n) is 5.49. The van der Waals surface area contributed by atoms with Gasteiger partial charge in [0.15, 0.2) is 0 Å². The van der Waals surface area contributed by atoms with Gasteiger partial charge in [-0.1, -0.05) is 0 Å². The number of anilines is 1. The molecule has 0 unspecified atom stereocenters. The maximum atomic E-state index is 12.6. The van der Waals surface area contributed by atoms with Gasteiger partial charge in [-0.05, 0) is 50.2 Å². The first kappa shape index (κ1) is 16.5. The van der Waals surface area contributed by atoms with Crippen molar-refractivity contribution >= 4 is 17.6 Å². The highest BCUT2D eigenvalue weighted by atomic mass is 16.5. The van der Waals surface area contributed by atoms with Crippen molar-refractivity contribution in [1.82, 2.24) is 5.32 Å². The highest BCUT2D eigenvalue weighted by Crippen LogP contribution is 2.30. The van der Waals surface area contributed by atoms with E-state index in [4.69, 9.17) is 4.74 Å². The number of piperidine rings is 1. The second-order valence-corrected chi connectivity index (χ2v) is 5.49. The van der Waals surface area contributed by atoms with Gasteiger partial charge in [-0.3, -0.25) is 4.79 Å². The molecular formula is C16H22N2O4. The Bertz CT molecular complexity index is 516. The average molecular weight is 306 g/mol. The summed E-state index contributed by atoms with van der Waals surface area (Å²) in [5.74, 6) is -0.436. The van der Waals surface area contributed by atoms with E-state index in [1.165, 1.54) is 7.11 Å². The average Bonchev–Trinajstić information content (AvgIpc) is 2.56. The molecule has 1 aliphatic heterocycles. The summed E-state index contributed by atoms with van der Waals surface area (Å²) in [7, 11) is 2.95. The van der Waals surface area contributed by atoms with Gasteiger partial charge in [0.05, 0.1) is 24.7 Å². The third-order valence-corrected chi connectivity index (χ3v) is 4.03. The molecule has 0 atom stereocenters. The molecule has 1 aliphatic rings. The summed E-state index contributed by atoms with van der Waals surface area (Å²) < 4.78 is 9.91. The van der Waals surface area contributed by atoms with E-state index >= 15 is 0 Å². The molecule has 120 valence electrons. The number of esters is 1. The number of nitrogens with one attached hydrogen (secondary N) is 2. The number of hydrogen-bond acceptors (Lipinski definition) is 5. The van der Waals surface area contributed by atoms with Gasteiger partial charge < -0.3 is 20.1 Å². The largest absolute Gasteiger partial charge is 0.465 e. The van der Waals surface area contributed by atoms with Gasteiger partial charge in [-0.15, -0.1) is 0 Å². The Balaban J connectivity index is 2.07. The number of methoxy groups -OCH3 is 2. The number of carbonyl (C=O) groups excluding carboxylic acids is 2. The Morgan fingerprint density at radius 3 is 2.36 bits per heavy atom. The van der Waals surface area contributed by atoms with Crippen LogP contribution in [0.1, 0.15) is 23.2 Å². The molecule has 0 aromatic heterocycles. The number of carbonyl (C=O) groups is 2. The summed E-state index contributed by atoms with van der Waals surface area (Å²) in [5.41, 5.74) is 0.613. The first-order valence-electron chi connectivity index (χ1n) is 7.31. The highest BCUT2D eigenvalue weighted by molar-refractivity contribution is 5.96. The summed E-state index contributed by atoms with van der Waals surface area (Å²) in [6, 6.07) is 6.66. The summed E-state index contributed by atoms with van der Waals surface area (Å²) in [6.07, 6.45) is 1.49. The maximum Gasteiger partial charge on any atom is 0.337 e. The number of amides is 1. The van der Waals surface area contributed by atoms with E-state index in [-0.39, 0.29) is 5.91 Å². The van der Waals surface area contributed by atoms with Gasteiger partial charge in [-0.2, -0.15) is 0 Å².